The summed E-state index contributed by atoms with van der Waals surface area (Å²) in [5, 5.41) is 11.5. The predicted molar refractivity (Wildman–Crippen MR) is 130 cm³/mol. The average molecular weight is 442 g/mol. The number of nitrogens with one attached hydrogen (secondary N) is 1. The van der Waals surface area contributed by atoms with Crippen LogP contribution in [0.5, 0.6) is 5.88 Å². The number of H-pyrrole nitrogens is 1. The van der Waals surface area contributed by atoms with Gasteiger partial charge in [-0.2, -0.15) is 0 Å². The molecule has 0 saturated carbocycles. The molecule has 4 aromatic rings. The Bertz CT molecular complexity index is 1370. The van der Waals surface area contributed by atoms with Gasteiger partial charge in [-0.25, -0.2) is 4.39 Å². The lowest BCUT2D eigenvalue weighted by molar-refractivity contribution is 0.331. The molecule has 5 rings (SSSR count). The van der Waals surface area contributed by atoms with E-state index in [1.54, 1.807) is 24.4 Å². The molecular formula is C27H24FN3O2. The minimum atomic E-state index is -0.378. The summed E-state index contributed by atoms with van der Waals surface area (Å²) in [5.41, 5.74) is 3.68. The van der Waals surface area contributed by atoms with Crippen LogP contribution in [-0.2, 0) is 6.54 Å². The van der Waals surface area contributed by atoms with E-state index in [4.69, 9.17) is 0 Å². The Morgan fingerprint density at radius 2 is 1.64 bits per heavy atom. The van der Waals surface area contributed by atoms with E-state index >= 15 is 0 Å². The van der Waals surface area contributed by atoms with Crippen LogP contribution in [0.4, 0.5) is 10.1 Å². The van der Waals surface area contributed by atoms with Crippen molar-refractivity contribution in [2.75, 3.05) is 13.1 Å². The first kappa shape index (κ1) is 21.1. The first-order valence-corrected chi connectivity index (χ1v) is 11.1. The molecule has 33 heavy (non-hydrogen) atoms. The maximum Gasteiger partial charge on any atom is 0.258 e. The fraction of sp³-hybridized carbons (Fsp3) is 0.185. The lowest BCUT2D eigenvalue weighted by Gasteiger charge is -2.14. The number of nitrogens with zero attached hydrogens (tertiary/aromatic N) is 2. The third kappa shape index (κ3) is 4.56. The highest BCUT2D eigenvalue weighted by Gasteiger charge is 2.12. The van der Waals surface area contributed by atoms with Gasteiger partial charge in [0, 0.05) is 23.5 Å². The minimum absolute atomic E-state index is 0.238. The zero-order valence-electron chi connectivity index (χ0n) is 18.1. The van der Waals surface area contributed by atoms with Crippen LogP contribution in [0.25, 0.3) is 21.9 Å². The second kappa shape index (κ2) is 9.00. The van der Waals surface area contributed by atoms with Crippen LogP contribution in [0.1, 0.15) is 24.0 Å². The summed E-state index contributed by atoms with van der Waals surface area (Å²) >= 11 is 0. The van der Waals surface area contributed by atoms with Gasteiger partial charge < -0.3 is 5.11 Å². The summed E-state index contributed by atoms with van der Waals surface area (Å²) in [5.74, 6) is -0.550. The number of halogens is 1. The number of aliphatic imine (C=N–C) groups is 1. The van der Waals surface area contributed by atoms with Crippen LogP contribution in [-0.4, -0.2) is 34.3 Å². The van der Waals surface area contributed by atoms with E-state index in [1.807, 2.05) is 24.3 Å². The largest absolute Gasteiger partial charge is 0.494 e. The van der Waals surface area contributed by atoms with Crippen LogP contribution in [0.3, 0.4) is 0 Å². The third-order valence-electron chi connectivity index (χ3n) is 6.10. The third-order valence-corrected chi connectivity index (χ3v) is 6.10. The predicted octanol–water partition coefficient (Wildman–Crippen LogP) is 5.39. The Morgan fingerprint density at radius 3 is 2.36 bits per heavy atom. The first-order chi connectivity index (χ1) is 16.1. The topological polar surface area (TPSA) is 68.7 Å². The fourth-order valence-electron chi connectivity index (χ4n) is 4.31. The fourth-order valence-corrected chi connectivity index (χ4v) is 4.31. The van der Waals surface area contributed by atoms with Crippen molar-refractivity contribution in [3.8, 4) is 17.0 Å². The van der Waals surface area contributed by atoms with Gasteiger partial charge in [-0.05, 0) is 79.0 Å². The normalized spacial score (nSPS) is 14.5. The Labute approximate surface area is 190 Å². The maximum absolute atomic E-state index is 13.3. The number of aromatic hydroxyl groups is 1. The molecule has 0 bridgehead atoms. The number of aromatic nitrogens is 1. The molecule has 2 N–H and O–H groups in total. The molecule has 0 amide bonds. The molecule has 0 spiro atoms. The molecule has 1 aliphatic rings. The van der Waals surface area contributed by atoms with Crippen LogP contribution in [0, 0.1) is 5.82 Å². The number of pyridine rings is 1. The number of hydrogen-bond acceptors (Lipinski definition) is 4. The summed E-state index contributed by atoms with van der Waals surface area (Å²) in [7, 11) is 0. The van der Waals surface area contributed by atoms with Gasteiger partial charge in [0.05, 0.1) is 11.3 Å². The van der Waals surface area contributed by atoms with Crippen LogP contribution in [0.2, 0.25) is 0 Å². The van der Waals surface area contributed by atoms with Gasteiger partial charge in [-0.1, -0.05) is 30.3 Å². The highest BCUT2D eigenvalue weighted by atomic mass is 19.1. The molecule has 0 unspecified atom stereocenters. The zero-order chi connectivity index (χ0) is 22.8. The average Bonchev–Trinajstić information content (AvgIpc) is 3.33. The molecule has 5 nitrogen and oxygen atoms in total. The first-order valence-electron chi connectivity index (χ1n) is 11.1. The molecule has 166 valence electrons. The van der Waals surface area contributed by atoms with Crippen molar-refractivity contribution < 1.29 is 9.50 Å². The number of likely N-dealkylation sites (tertiary alicyclic amines) is 1. The van der Waals surface area contributed by atoms with Crippen molar-refractivity contribution >= 4 is 22.7 Å². The van der Waals surface area contributed by atoms with Gasteiger partial charge in [0.1, 0.15) is 5.82 Å². The monoisotopic (exact) mass is 441 g/mol. The van der Waals surface area contributed by atoms with Gasteiger partial charge in [0.25, 0.3) is 5.56 Å². The number of aromatic amines is 1. The lowest BCUT2D eigenvalue weighted by atomic mass is 9.99. The summed E-state index contributed by atoms with van der Waals surface area (Å²) in [6.07, 6.45) is 4.10. The number of benzene rings is 3. The molecule has 2 heterocycles. The lowest BCUT2D eigenvalue weighted by Crippen LogP contribution is -2.18. The van der Waals surface area contributed by atoms with E-state index in [1.165, 1.54) is 30.5 Å². The van der Waals surface area contributed by atoms with Crippen molar-refractivity contribution in [2.24, 2.45) is 4.99 Å². The number of rotatable bonds is 5. The molecular weight excluding hydrogens is 417 g/mol. The molecule has 1 aromatic heterocycles. The molecule has 0 atom stereocenters. The van der Waals surface area contributed by atoms with Crippen LogP contribution < -0.4 is 5.56 Å². The highest BCUT2D eigenvalue weighted by molar-refractivity contribution is 6.03. The van der Waals surface area contributed by atoms with Crippen LogP contribution >= 0.6 is 0 Å². The summed E-state index contributed by atoms with van der Waals surface area (Å²) in [6.45, 7) is 3.25. The molecule has 1 saturated heterocycles. The van der Waals surface area contributed by atoms with Gasteiger partial charge >= 0.3 is 0 Å². The summed E-state index contributed by atoms with van der Waals surface area (Å²) in [4.78, 5) is 21.9. The second-order valence-corrected chi connectivity index (χ2v) is 8.39. The Morgan fingerprint density at radius 1 is 0.939 bits per heavy atom. The molecule has 1 fully saturated rings. The molecule has 6 heteroatoms. The molecule has 0 aliphatic carbocycles. The van der Waals surface area contributed by atoms with Gasteiger partial charge in [0.2, 0.25) is 5.88 Å². The van der Waals surface area contributed by atoms with Crippen molar-refractivity contribution in [3.63, 3.8) is 0 Å². The van der Waals surface area contributed by atoms with E-state index in [9.17, 15) is 14.3 Å². The van der Waals surface area contributed by atoms with Crippen molar-refractivity contribution in [1.29, 1.82) is 0 Å². The summed E-state index contributed by atoms with van der Waals surface area (Å²) in [6, 6.07) is 19.5. The van der Waals surface area contributed by atoms with Gasteiger partial charge in [-0.3, -0.25) is 19.7 Å². The van der Waals surface area contributed by atoms with E-state index in [0.717, 1.165) is 36.4 Å². The Kier molecular flexibility index (Phi) is 5.75. The molecule has 1 aliphatic heterocycles. The Balaban J connectivity index is 1.47. The second-order valence-electron chi connectivity index (χ2n) is 8.39. The number of hydrogen-bond donors (Lipinski definition) is 2. The minimum Gasteiger partial charge on any atom is -0.494 e. The molecule has 0 radical (unpaired) electrons. The highest BCUT2D eigenvalue weighted by Crippen LogP contribution is 2.28. The smallest absolute Gasteiger partial charge is 0.258 e. The molecule has 3 aromatic carbocycles. The van der Waals surface area contributed by atoms with Gasteiger partial charge in [-0.15, -0.1) is 0 Å². The van der Waals surface area contributed by atoms with Gasteiger partial charge in [0.15, 0.2) is 0 Å². The SMILES string of the molecule is O=c1[nH]c(O)c(C=Nc2ccc(CN3CCCC3)cc2)c2cc(-c3ccc(F)cc3)ccc12. The zero-order valence-corrected chi connectivity index (χ0v) is 18.1. The van der Waals surface area contributed by atoms with E-state index in [2.05, 4.69) is 27.0 Å². The van der Waals surface area contributed by atoms with E-state index in [0.29, 0.717) is 16.3 Å². The number of fused-ring (bicyclic) bond motifs is 1. The van der Waals surface area contributed by atoms with Crippen LogP contribution in [0.15, 0.2) is 76.5 Å². The van der Waals surface area contributed by atoms with Crippen molar-refractivity contribution in [1.82, 2.24) is 9.88 Å². The summed E-state index contributed by atoms with van der Waals surface area (Å²) < 4.78 is 13.3. The van der Waals surface area contributed by atoms with Crippen molar-refractivity contribution in [2.45, 2.75) is 19.4 Å². The standard InChI is InChI=1S/C27H24FN3O2/c28-21-8-5-19(6-9-21)20-7-12-23-24(15-20)25(27(33)30-26(23)32)16-29-22-10-3-18(4-11-22)17-31-13-1-2-14-31/h3-12,15-16H,1-2,13-14,17H2,(H2,30,32,33). The van der Waals surface area contributed by atoms with E-state index in [-0.39, 0.29) is 17.3 Å². The Hall–Kier alpha value is -3.77. The maximum atomic E-state index is 13.3. The quantitative estimate of drug-likeness (QED) is 0.408. The van der Waals surface area contributed by atoms with E-state index < -0.39 is 0 Å². The van der Waals surface area contributed by atoms with Crippen molar-refractivity contribution in [3.05, 3.63) is 94.0 Å².